The molecule has 1 aliphatic rings. The molecule has 1 fully saturated rings. The number of nitrogens with one attached hydrogen (secondary N) is 1. The molecular weight excluding hydrogens is 200 g/mol. The largest absolute Gasteiger partial charge is 0.340 e. The molecule has 0 aromatic carbocycles. The molecule has 0 radical (unpaired) electrons. The molecule has 16 heavy (non-hydrogen) atoms. The van der Waals surface area contributed by atoms with Gasteiger partial charge >= 0.3 is 0 Å². The smallest absolute Gasteiger partial charge is 0.228 e. The molecule has 1 amide bonds. The van der Waals surface area contributed by atoms with Gasteiger partial charge < -0.3 is 10.2 Å². The molecule has 1 unspecified atom stereocenters. The molecule has 3 nitrogen and oxygen atoms in total. The normalized spacial score (nSPS) is 22.2. The van der Waals surface area contributed by atoms with Crippen molar-refractivity contribution >= 4 is 5.91 Å². The summed E-state index contributed by atoms with van der Waals surface area (Å²) in [6.07, 6.45) is 1.11. The van der Waals surface area contributed by atoms with Gasteiger partial charge in [-0.2, -0.15) is 0 Å². The van der Waals surface area contributed by atoms with Gasteiger partial charge in [0.05, 0.1) is 0 Å². The van der Waals surface area contributed by atoms with E-state index in [0.717, 1.165) is 19.5 Å². The third-order valence-corrected chi connectivity index (χ3v) is 3.94. The summed E-state index contributed by atoms with van der Waals surface area (Å²) in [4.78, 5) is 14.4. The van der Waals surface area contributed by atoms with Crippen LogP contribution in [0.5, 0.6) is 0 Å². The Balaban J connectivity index is 2.78. The van der Waals surface area contributed by atoms with E-state index in [1.165, 1.54) is 0 Å². The van der Waals surface area contributed by atoms with Crippen molar-refractivity contribution in [3.05, 3.63) is 0 Å². The Morgan fingerprint density at radius 1 is 1.25 bits per heavy atom. The van der Waals surface area contributed by atoms with E-state index in [0.29, 0.717) is 5.92 Å². The Bertz CT molecular complexity index is 260. The summed E-state index contributed by atoms with van der Waals surface area (Å²) < 4.78 is 0. The van der Waals surface area contributed by atoms with Gasteiger partial charge in [-0.15, -0.1) is 0 Å². The zero-order valence-corrected chi connectivity index (χ0v) is 11.6. The predicted octanol–water partition coefficient (Wildman–Crippen LogP) is 1.88. The fraction of sp³-hybridized carbons (Fsp3) is 0.923. The first-order valence-corrected chi connectivity index (χ1v) is 6.16. The highest BCUT2D eigenvalue weighted by Crippen LogP contribution is 2.34. The molecular formula is C13H26N2O. The topological polar surface area (TPSA) is 32.3 Å². The molecule has 0 spiro atoms. The number of carbonyl (C=O) groups is 1. The fourth-order valence-electron chi connectivity index (χ4n) is 2.18. The van der Waals surface area contributed by atoms with Crippen molar-refractivity contribution in [3.8, 4) is 0 Å². The number of nitrogens with zero attached hydrogens (tertiary/aromatic N) is 1. The van der Waals surface area contributed by atoms with Gasteiger partial charge in [-0.05, 0) is 46.2 Å². The first kappa shape index (κ1) is 13.5. The van der Waals surface area contributed by atoms with E-state index < -0.39 is 0 Å². The lowest BCUT2D eigenvalue weighted by Gasteiger charge is -2.40. The summed E-state index contributed by atoms with van der Waals surface area (Å²) in [5.74, 6) is 0.721. The van der Waals surface area contributed by atoms with Crippen molar-refractivity contribution in [2.45, 2.75) is 46.6 Å². The molecule has 94 valence electrons. The lowest BCUT2D eigenvalue weighted by molar-refractivity contribution is -0.146. The van der Waals surface area contributed by atoms with Gasteiger partial charge in [-0.3, -0.25) is 4.79 Å². The van der Waals surface area contributed by atoms with E-state index >= 15 is 0 Å². The Morgan fingerprint density at radius 3 is 2.19 bits per heavy atom. The van der Waals surface area contributed by atoms with Crippen LogP contribution in [0.3, 0.4) is 0 Å². The maximum absolute atomic E-state index is 12.5. The highest BCUT2D eigenvalue weighted by atomic mass is 16.2. The minimum absolute atomic E-state index is 0.0968. The monoisotopic (exact) mass is 226 g/mol. The maximum atomic E-state index is 12.5. The Morgan fingerprint density at radius 2 is 1.81 bits per heavy atom. The maximum Gasteiger partial charge on any atom is 0.228 e. The summed E-state index contributed by atoms with van der Waals surface area (Å²) >= 11 is 0. The number of carbonyl (C=O) groups excluding carboxylic acids is 1. The van der Waals surface area contributed by atoms with E-state index in [-0.39, 0.29) is 16.9 Å². The summed E-state index contributed by atoms with van der Waals surface area (Å²) in [5, 5.41) is 3.34. The molecule has 1 aliphatic heterocycles. The van der Waals surface area contributed by atoms with Crippen molar-refractivity contribution < 1.29 is 4.79 Å². The van der Waals surface area contributed by atoms with Crippen LogP contribution in [0, 0.1) is 11.3 Å². The lowest BCUT2D eigenvalue weighted by Crippen LogP contribution is -2.50. The third kappa shape index (κ3) is 2.57. The number of rotatable bonds is 2. The third-order valence-electron chi connectivity index (χ3n) is 3.94. The second-order valence-electron chi connectivity index (χ2n) is 6.45. The van der Waals surface area contributed by atoms with Crippen molar-refractivity contribution in [3.63, 3.8) is 0 Å². The standard InChI is InChI=1S/C13H26N2O/c1-12(2,3)15(6)11(16)13(4,5)10-7-8-14-9-10/h10,14H,7-9H2,1-6H3. The van der Waals surface area contributed by atoms with E-state index in [4.69, 9.17) is 0 Å². The fourth-order valence-corrected chi connectivity index (χ4v) is 2.18. The van der Waals surface area contributed by atoms with Crippen LogP contribution in [0.4, 0.5) is 0 Å². The second-order valence-corrected chi connectivity index (χ2v) is 6.45. The van der Waals surface area contributed by atoms with Gasteiger partial charge in [-0.1, -0.05) is 13.8 Å². The minimum atomic E-state index is -0.258. The van der Waals surface area contributed by atoms with Crippen molar-refractivity contribution in [1.82, 2.24) is 10.2 Å². The number of hydrogen-bond acceptors (Lipinski definition) is 2. The molecule has 1 heterocycles. The van der Waals surface area contributed by atoms with Gasteiger partial charge in [0.1, 0.15) is 0 Å². The quantitative estimate of drug-likeness (QED) is 0.779. The van der Waals surface area contributed by atoms with Crippen molar-refractivity contribution in [1.29, 1.82) is 0 Å². The molecule has 0 saturated carbocycles. The first-order valence-electron chi connectivity index (χ1n) is 6.16. The lowest BCUT2D eigenvalue weighted by atomic mass is 9.76. The van der Waals surface area contributed by atoms with E-state index in [9.17, 15) is 4.79 Å². The van der Waals surface area contributed by atoms with Crippen LogP contribution in [0.1, 0.15) is 41.0 Å². The Hall–Kier alpha value is -0.570. The summed E-state index contributed by atoms with van der Waals surface area (Å²) in [6.45, 7) is 12.4. The Kier molecular flexibility index (Phi) is 3.68. The summed E-state index contributed by atoms with van der Waals surface area (Å²) in [7, 11) is 1.91. The molecule has 0 aromatic heterocycles. The van der Waals surface area contributed by atoms with E-state index in [2.05, 4.69) is 39.9 Å². The van der Waals surface area contributed by atoms with Crippen LogP contribution in [0.2, 0.25) is 0 Å². The van der Waals surface area contributed by atoms with Crippen molar-refractivity contribution in [2.75, 3.05) is 20.1 Å². The van der Waals surface area contributed by atoms with Crippen molar-refractivity contribution in [2.24, 2.45) is 11.3 Å². The molecule has 1 atom stereocenters. The summed E-state index contributed by atoms with van der Waals surface area (Å²) in [6, 6.07) is 0. The highest BCUT2D eigenvalue weighted by Gasteiger charge is 2.41. The molecule has 0 bridgehead atoms. The van der Waals surface area contributed by atoms with Crippen LogP contribution in [0.15, 0.2) is 0 Å². The average Bonchev–Trinajstić information content (AvgIpc) is 2.67. The first-order chi connectivity index (χ1) is 7.17. The van der Waals surface area contributed by atoms with Gasteiger partial charge in [0, 0.05) is 18.0 Å². The Labute approximate surface area is 99.6 Å². The van der Waals surface area contributed by atoms with Crippen LogP contribution in [-0.4, -0.2) is 36.5 Å². The summed E-state index contributed by atoms with van der Waals surface area (Å²) in [5.41, 5.74) is -0.355. The van der Waals surface area contributed by atoms with Crippen LogP contribution < -0.4 is 5.32 Å². The molecule has 1 N–H and O–H groups in total. The van der Waals surface area contributed by atoms with Crippen LogP contribution in [-0.2, 0) is 4.79 Å². The number of amides is 1. The average molecular weight is 226 g/mol. The minimum Gasteiger partial charge on any atom is -0.340 e. The molecule has 0 aliphatic carbocycles. The number of hydrogen-bond donors (Lipinski definition) is 1. The van der Waals surface area contributed by atoms with Gasteiger partial charge in [0.2, 0.25) is 5.91 Å². The van der Waals surface area contributed by atoms with Crippen LogP contribution in [0.25, 0.3) is 0 Å². The second kappa shape index (κ2) is 4.36. The van der Waals surface area contributed by atoms with Gasteiger partial charge in [0.15, 0.2) is 0 Å². The van der Waals surface area contributed by atoms with E-state index in [1.54, 1.807) is 0 Å². The van der Waals surface area contributed by atoms with E-state index in [1.807, 2.05) is 11.9 Å². The molecule has 0 aromatic rings. The van der Waals surface area contributed by atoms with Crippen LogP contribution >= 0.6 is 0 Å². The zero-order chi connectivity index (χ0) is 12.6. The highest BCUT2D eigenvalue weighted by molar-refractivity contribution is 5.82. The molecule has 1 rings (SSSR count). The molecule has 3 heteroatoms. The predicted molar refractivity (Wildman–Crippen MR) is 67.3 cm³/mol. The van der Waals surface area contributed by atoms with Gasteiger partial charge in [-0.25, -0.2) is 0 Å². The zero-order valence-electron chi connectivity index (χ0n) is 11.6. The SMILES string of the molecule is CN(C(=O)C(C)(C)C1CCNC1)C(C)(C)C. The molecule has 1 saturated heterocycles. The van der Waals surface area contributed by atoms with Gasteiger partial charge in [0.25, 0.3) is 0 Å².